The Morgan fingerprint density at radius 3 is 1.94 bits per heavy atom. The van der Waals surface area contributed by atoms with Crippen molar-refractivity contribution < 1.29 is 9.84 Å². The Morgan fingerprint density at radius 1 is 0.833 bits per heavy atom. The third-order valence-electron chi connectivity index (χ3n) is 2.84. The molecular formula is C16H18O2. The smallest absolute Gasteiger partial charge is 0.0850 e. The summed E-state index contributed by atoms with van der Waals surface area (Å²) in [4.78, 5) is 0. The lowest BCUT2D eigenvalue weighted by Crippen LogP contribution is -2.20. The van der Waals surface area contributed by atoms with Gasteiger partial charge in [-0.25, -0.2) is 0 Å². The molecular weight excluding hydrogens is 224 g/mol. The van der Waals surface area contributed by atoms with Gasteiger partial charge in [-0.1, -0.05) is 60.7 Å². The van der Waals surface area contributed by atoms with Crippen LogP contribution in [0.3, 0.4) is 0 Å². The van der Waals surface area contributed by atoms with Crippen LogP contribution in [0.15, 0.2) is 60.7 Å². The zero-order chi connectivity index (χ0) is 12.6. The summed E-state index contributed by atoms with van der Waals surface area (Å²) in [5.41, 5.74) is 2.31. The van der Waals surface area contributed by atoms with Crippen LogP contribution in [0.25, 0.3) is 0 Å². The average Bonchev–Trinajstić information content (AvgIpc) is 2.45. The fraction of sp³-hybridized carbons (Fsp3) is 0.250. The first kappa shape index (κ1) is 12.8. The van der Waals surface area contributed by atoms with Crippen LogP contribution in [0.5, 0.6) is 0 Å². The second kappa shape index (κ2) is 6.94. The van der Waals surface area contributed by atoms with Crippen molar-refractivity contribution >= 4 is 0 Å². The molecule has 0 aromatic heterocycles. The molecule has 0 bridgehead atoms. The lowest BCUT2D eigenvalue weighted by atomic mass is 10.1. The van der Waals surface area contributed by atoms with Gasteiger partial charge in [-0.3, -0.25) is 0 Å². The molecule has 1 atom stereocenters. The highest BCUT2D eigenvalue weighted by molar-refractivity contribution is 5.16. The molecule has 2 rings (SSSR count). The maximum atomic E-state index is 9.34. The van der Waals surface area contributed by atoms with E-state index in [-0.39, 0.29) is 12.7 Å². The van der Waals surface area contributed by atoms with Crippen molar-refractivity contribution in [2.45, 2.75) is 19.1 Å². The maximum absolute atomic E-state index is 9.34. The zero-order valence-electron chi connectivity index (χ0n) is 10.3. The highest BCUT2D eigenvalue weighted by Crippen LogP contribution is 2.09. The van der Waals surface area contributed by atoms with Gasteiger partial charge in [0.05, 0.1) is 19.3 Å². The summed E-state index contributed by atoms with van der Waals surface area (Å²) >= 11 is 0. The van der Waals surface area contributed by atoms with Crippen LogP contribution in [-0.2, 0) is 17.8 Å². The molecule has 0 aliphatic heterocycles. The first-order valence-corrected chi connectivity index (χ1v) is 6.19. The van der Waals surface area contributed by atoms with E-state index in [1.54, 1.807) is 0 Å². The number of aliphatic hydroxyl groups excluding tert-OH is 1. The third kappa shape index (κ3) is 3.99. The summed E-state index contributed by atoms with van der Waals surface area (Å²) in [6.07, 6.45) is 0.595. The highest BCUT2D eigenvalue weighted by Gasteiger charge is 2.08. The van der Waals surface area contributed by atoms with E-state index in [1.165, 1.54) is 5.56 Å². The van der Waals surface area contributed by atoms with Gasteiger partial charge < -0.3 is 9.84 Å². The second-order valence-electron chi connectivity index (χ2n) is 4.29. The Morgan fingerprint density at radius 2 is 1.39 bits per heavy atom. The molecule has 18 heavy (non-hydrogen) atoms. The number of hydrogen-bond donors (Lipinski definition) is 1. The Kier molecular flexibility index (Phi) is 4.94. The fourth-order valence-electron chi connectivity index (χ4n) is 1.84. The average molecular weight is 242 g/mol. The molecule has 2 heteroatoms. The first-order valence-electron chi connectivity index (χ1n) is 6.19. The Hall–Kier alpha value is -1.64. The number of rotatable bonds is 6. The Bertz CT molecular complexity index is 439. The molecule has 0 aliphatic rings. The standard InChI is InChI=1S/C16H18O2/c17-12-16(11-14-7-3-1-4-8-14)18-13-15-9-5-2-6-10-15/h1-10,16-17H,11-13H2. The second-order valence-corrected chi connectivity index (χ2v) is 4.29. The summed E-state index contributed by atoms with van der Waals surface area (Å²) in [5, 5.41) is 9.34. The number of benzene rings is 2. The van der Waals surface area contributed by atoms with E-state index < -0.39 is 0 Å². The van der Waals surface area contributed by atoms with Crippen molar-refractivity contribution in [1.82, 2.24) is 0 Å². The predicted molar refractivity (Wildman–Crippen MR) is 72.3 cm³/mol. The Labute approximate surface area is 108 Å². The maximum Gasteiger partial charge on any atom is 0.0850 e. The van der Waals surface area contributed by atoms with Gasteiger partial charge >= 0.3 is 0 Å². The third-order valence-corrected chi connectivity index (χ3v) is 2.84. The van der Waals surface area contributed by atoms with Crippen molar-refractivity contribution in [3.05, 3.63) is 71.8 Å². The van der Waals surface area contributed by atoms with Crippen molar-refractivity contribution in [2.24, 2.45) is 0 Å². The minimum atomic E-state index is -0.146. The van der Waals surface area contributed by atoms with Gasteiger partial charge in [0.2, 0.25) is 0 Å². The van der Waals surface area contributed by atoms with Crippen molar-refractivity contribution in [3.8, 4) is 0 Å². The van der Waals surface area contributed by atoms with E-state index >= 15 is 0 Å². The van der Waals surface area contributed by atoms with E-state index in [0.29, 0.717) is 6.61 Å². The molecule has 2 aromatic rings. The Balaban J connectivity index is 1.86. The van der Waals surface area contributed by atoms with Crippen LogP contribution < -0.4 is 0 Å². The van der Waals surface area contributed by atoms with Crippen LogP contribution in [0.1, 0.15) is 11.1 Å². The molecule has 0 fully saturated rings. The molecule has 94 valence electrons. The molecule has 0 saturated carbocycles. The minimum absolute atomic E-state index is 0.0434. The van der Waals surface area contributed by atoms with E-state index in [4.69, 9.17) is 4.74 Å². The van der Waals surface area contributed by atoms with Crippen molar-refractivity contribution in [1.29, 1.82) is 0 Å². The van der Waals surface area contributed by atoms with Gasteiger partial charge in [-0.15, -0.1) is 0 Å². The molecule has 0 radical (unpaired) electrons. The molecule has 2 nitrogen and oxygen atoms in total. The van der Waals surface area contributed by atoms with Crippen LogP contribution in [0.2, 0.25) is 0 Å². The lowest BCUT2D eigenvalue weighted by molar-refractivity contribution is 0.00317. The van der Waals surface area contributed by atoms with E-state index in [1.807, 2.05) is 48.5 Å². The molecule has 1 unspecified atom stereocenters. The van der Waals surface area contributed by atoms with Gasteiger partial charge in [0.25, 0.3) is 0 Å². The van der Waals surface area contributed by atoms with E-state index in [0.717, 1.165) is 12.0 Å². The first-order chi connectivity index (χ1) is 8.88. The van der Waals surface area contributed by atoms with Crippen LogP contribution in [0, 0.1) is 0 Å². The van der Waals surface area contributed by atoms with Crippen LogP contribution >= 0.6 is 0 Å². The molecule has 0 heterocycles. The number of ether oxygens (including phenoxy) is 1. The topological polar surface area (TPSA) is 29.5 Å². The van der Waals surface area contributed by atoms with Gasteiger partial charge in [-0.2, -0.15) is 0 Å². The summed E-state index contributed by atoms with van der Waals surface area (Å²) in [6, 6.07) is 20.1. The SMILES string of the molecule is OCC(Cc1ccccc1)OCc1ccccc1. The quantitative estimate of drug-likeness (QED) is 0.844. The summed E-state index contributed by atoms with van der Waals surface area (Å²) in [5.74, 6) is 0. The summed E-state index contributed by atoms with van der Waals surface area (Å²) in [6.45, 7) is 0.584. The van der Waals surface area contributed by atoms with Gasteiger partial charge in [0.15, 0.2) is 0 Å². The molecule has 0 aliphatic carbocycles. The molecule has 0 spiro atoms. The van der Waals surface area contributed by atoms with Gasteiger partial charge in [-0.05, 0) is 11.1 Å². The molecule has 2 aromatic carbocycles. The minimum Gasteiger partial charge on any atom is -0.394 e. The van der Waals surface area contributed by atoms with Crippen LogP contribution in [-0.4, -0.2) is 17.8 Å². The zero-order valence-corrected chi connectivity index (χ0v) is 10.3. The van der Waals surface area contributed by atoms with E-state index in [9.17, 15) is 5.11 Å². The predicted octanol–water partition coefficient (Wildman–Crippen LogP) is 2.81. The number of aliphatic hydroxyl groups is 1. The molecule has 0 amide bonds. The largest absolute Gasteiger partial charge is 0.394 e. The van der Waals surface area contributed by atoms with Crippen LogP contribution in [0.4, 0.5) is 0 Å². The van der Waals surface area contributed by atoms with Crippen molar-refractivity contribution in [2.75, 3.05) is 6.61 Å². The highest BCUT2D eigenvalue weighted by atomic mass is 16.5. The van der Waals surface area contributed by atoms with Gasteiger partial charge in [0.1, 0.15) is 0 Å². The molecule has 0 saturated heterocycles. The fourth-order valence-corrected chi connectivity index (χ4v) is 1.84. The molecule has 1 N–H and O–H groups in total. The summed E-state index contributed by atoms with van der Waals surface area (Å²) in [7, 11) is 0. The monoisotopic (exact) mass is 242 g/mol. The number of hydrogen-bond acceptors (Lipinski definition) is 2. The normalized spacial score (nSPS) is 12.3. The lowest BCUT2D eigenvalue weighted by Gasteiger charge is -2.15. The van der Waals surface area contributed by atoms with E-state index in [2.05, 4.69) is 12.1 Å². The van der Waals surface area contributed by atoms with Crippen molar-refractivity contribution in [3.63, 3.8) is 0 Å². The van der Waals surface area contributed by atoms with Gasteiger partial charge in [0, 0.05) is 6.42 Å². The summed E-state index contributed by atoms with van der Waals surface area (Å²) < 4.78 is 5.73.